The molecule has 0 spiro atoms. The minimum atomic E-state index is -0.272. The molecule has 1 amide bonds. The fourth-order valence-corrected chi connectivity index (χ4v) is 5.17. The van der Waals surface area contributed by atoms with E-state index in [2.05, 4.69) is 52.6 Å². The lowest BCUT2D eigenvalue weighted by Gasteiger charge is -2.32. The highest BCUT2D eigenvalue weighted by Gasteiger charge is 2.24. The average molecular weight is 504 g/mol. The zero-order valence-electron chi connectivity index (χ0n) is 22.6. The maximum Gasteiger partial charge on any atom is 0.253 e. The third-order valence-electron chi connectivity index (χ3n) is 7.24. The van der Waals surface area contributed by atoms with Crippen molar-refractivity contribution < 1.29 is 9.18 Å². The quantitative estimate of drug-likeness (QED) is 0.554. The van der Waals surface area contributed by atoms with Crippen LogP contribution in [0, 0.1) is 5.82 Å². The molecule has 2 aliphatic rings. The molecule has 1 aromatic carbocycles. The number of pyridine rings is 1. The number of benzene rings is 1. The van der Waals surface area contributed by atoms with Gasteiger partial charge in [0.15, 0.2) is 0 Å². The number of carbonyl (C=O) groups is 1. The number of amides is 1. The van der Waals surface area contributed by atoms with E-state index in [1.807, 2.05) is 19.3 Å². The van der Waals surface area contributed by atoms with Crippen LogP contribution in [0.2, 0.25) is 0 Å². The fourth-order valence-electron chi connectivity index (χ4n) is 5.17. The van der Waals surface area contributed by atoms with Crippen LogP contribution in [0.4, 0.5) is 10.2 Å². The Kier molecular flexibility index (Phi) is 8.44. The molecule has 4 rings (SSSR count). The lowest BCUT2D eigenvalue weighted by molar-refractivity contribution is 0.0827. The molecule has 37 heavy (non-hydrogen) atoms. The highest BCUT2D eigenvalue weighted by molar-refractivity contribution is 5.93. The Bertz CT molecular complexity index is 1220. The van der Waals surface area contributed by atoms with Gasteiger partial charge in [0.1, 0.15) is 11.6 Å². The largest absolute Gasteiger partial charge is 0.385 e. The first-order chi connectivity index (χ1) is 17.8. The van der Waals surface area contributed by atoms with Gasteiger partial charge >= 0.3 is 0 Å². The number of carbonyl (C=O) groups excluding carboxylic acids is 1. The highest BCUT2D eigenvalue weighted by atomic mass is 19.1. The number of dihydropyridines is 1. The Morgan fingerprint density at radius 3 is 2.62 bits per heavy atom. The van der Waals surface area contributed by atoms with E-state index in [1.165, 1.54) is 33.4 Å². The fraction of sp³-hybridized carbons (Fsp3) is 0.400. The molecule has 0 saturated carbocycles. The third kappa shape index (κ3) is 6.28. The van der Waals surface area contributed by atoms with Gasteiger partial charge in [0.2, 0.25) is 0 Å². The Morgan fingerprint density at radius 1 is 1.24 bits per heavy atom. The van der Waals surface area contributed by atoms with Crippen LogP contribution in [0.1, 0.15) is 54.1 Å². The second-order valence-corrected chi connectivity index (χ2v) is 10.2. The van der Waals surface area contributed by atoms with E-state index < -0.39 is 0 Å². The SMILES string of the molecule is CNc1ccc(C2=CCNC(C)=C2/C=C(\C)CN2CCC(c3ccc(C(=O)N(C)C)cc3F)CC2)cn1. The van der Waals surface area contributed by atoms with Gasteiger partial charge in [-0.3, -0.25) is 9.69 Å². The molecular weight excluding hydrogens is 465 g/mol. The lowest BCUT2D eigenvalue weighted by atomic mass is 9.88. The van der Waals surface area contributed by atoms with Crippen molar-refractivity contribution in [2.24, 2.45) is 0 Å². The van der Waals surface area contributed by atoms with Crippen LogP contribution in [0.3, 0.4) is 0 Å². The molecule has 3 heterocycles. The first-order valence-corrected chi connectivity index (χ1v) is 13.0. The van der Waals surface area contributed by atoms with E-state index in [-0.39, 0.29) is 17.6 Å². The van der Waals surface area contributed by atoms with Gasteiger partial charge in [-0.1, -0.05) is 23.8 Å². The maximum atomic E-state index is 14.9. The summed E-state index contributed by atoms with van der Waals surface area (Å²) in [5.41, 5.74) is 7.10. The number of nitrogens with one attached hydrogen (secondary N) is 2. The monoisotopic (exact) mass is 503 g/mol. The third-order valence-corrected chi connectivity index (χ3v) is 7.24. The van der Waals surface area contributed by atoms with Crippen LogP contribution in [0.25, 0.3) is 5.57 Å². The van der Waals surface area contributed by atoms with E-state index in [1.54, 1.807) is 26.2 Å². The number of halogens is 1. The predicted octanol–water partition coefficient (Wildman–Crippen LogP) is 5.05. The number of piperidine rings is 1. The summed E-state index contributed by atoms with van der Waals surface area (Å²) in [5, 5.41) is 6.54. The van der Waals surface area contributed by atoms with Gasteiger partial charge in [0, 0.05) is 62.8 Å². The summed E-state index contributed by atoms with van der Waals surface area (Å²) >= 11 is 0. The van der Waals surface area contributed by atoms with Crippen LogP contribution >= 0.6 is 0 Å². The number of rotatable bonds is 7. The summed E-state index contributed by atoms with van der Waals surface area (Å²) in [7, 11) is 5.23. The minimum absolute atomic E-state index is 0.176. The molecule has 1 fully saturated rings. The van der Waals surface area contributed by atoms with Gasteiger partial charge < -0.3 is 15.5 Å². The predicted molar refractivity (Wildman–Crippen MR) is 149 cm³/mol. The number of nitrogens with zero attached hydrogens (tertiary/aromatic N) is 3. The van der Waals surface area contributed by atoms with E-state index in [0.717, 1.165) is 56.0 Å². The second kappa shape index (κ2) is 11.7. The van der Waals surface area contributed by atoms with E-state index in [0.29, 0.717) is 5.56 Å². The van der Waals surface area contributed by atoms with Gasteiger partial charge in [-0.15, -0.1) is 0 Å². The molecule has 0 unspecified atom stereocenters. The summed E-state index contributed by atoms with van der Waals surface area (Å²) in [6.45, 7) is 7.83. The van der Waals surface area contributed by atoms with Crippen molar-refractivity contribution in [1.82, 2.24) is 20.1 Å². The van der Waals surface area contributed by atoms with E-state index in [9.17, 15) is 9.18 Å². The molecule has 1 saturated heterocycles. The van der Waals surface area contributed by atoms with Crippen molar-refractivity contribution in [3.63, 3.8) is 0 Å². The van der Waals surface area contributed by atoms with Crippen LogP contribution in [0.5, 0.6) is 0 Å². The molecule has 196 valence electrons. The van der Waals surface area contributed by atoms with Crippen molar-refractivity contribution >= 4 is 17.3 Å². The van der Waals surface area contributed by atoms with Crippen LogP contribution in [-0.2, 0) is 0 Å². The van der Waals surface area contributed by atoms with Crippen molar-refractivity contribution in [2.45, 2.75) is 32.6 Å². The van der Waals surface area contributed by atoms with Gasteiger partial charge in [-0.25, -0.2) is 9.37 Å². The number of hydrogen-bond acceptors (Lipinski definition) is 5. The number of aromatic nitrogens is 1. The Morgan fingerprint density at radius 2 is 2.00 bits per heavy atom. The van der Waals surface area contributed by atoms with Gasteiger partial charge in [0.05, 0.1) is 0 Å². The molecular formula is C30H38FN5O. The normalized spacial score (nSPS) is 17.4. The Labute approximate surface area is 220 Å². The molecule has 0 radical (unpaired) electrons. The molecule has 2 aromatic rings. The Hall–Kier alpha value is -3.45. The van der Waals surface area contributed by atoms with Crippen LogP contribution in [-0.4, -0.2) is 68.0 Å². The number of allylic oxidation sites excluding steroid dienone is 4. The summed E-state index contributed by atoms with van der Waals surface area (Å²) in [6.07, 6.45) is 8.24. The number of anilines is 1. The van der Waals surface area contributed by atoms with Crippen molar-refractivity contribution in [3.8, 4) is 0 Å². The minimum Gasteiger partial charge on any atom is -0.385 e. The average Bonchev–Trinajstić information content (AvgIpc) is 2.90. The molecule has 7 heteroatoms. The van der Waals surface area contributed by atoms with Crippen LogP contribution < -0.4 is 10.6 Å². The highest BCUT2D eigenvalue weighted by Crippen LogP contribution is 2.32. The first-order valence-electron chi connectivity index (χ1n) is 13.0. The zero-order chi connectivity index (χ0) is 26.5. The summed E-state index contributed by atoms with van der Waals surface area (Å²) in [5.74, 6) is 0.587. The molecule has 2 N–H and O–H groups in total. The lowest BCUT2D eigenvalue weighted by Crippen LogP contribution is -2.34. The second-order valence-electron chi connectivity index (χ2n) is 10.2. The topological polar surface area (TPSA) is 60.5 Å². The maximum absolute atomic E-state index is 14.9. The van der Waals surface area contributed by atoms with Crippen LogP contribution in [0.15, 0.2) is 65.5 Å². The zero-order valence-corrected chi connectivity index (χ0v) is 22.6. The number of hydrogen-bond donors (Lipinski definition) is 2. The number of likely N-dealkylation sites (tertiary alicyclic amines) is 1. The molecule has 6 nitrogen and oxygen atoms in total. The summed E-state index contributed by atoms with van der Waals surface area (Å²) in [4.78, 5) is 20.6. The van der Waals surface area contributed by atoms with Crippen molar-refractivity contribution in [3.05, 3.63) is 88.0 Å². The van der Waals surface area contributed by atoms with Gasteiger partial charge in [0.25, 0.3) is 5.91 Å². The molecule has 2 aliphatic heterocycles. The smallest absolute Gasteiger partial charge is 0.253 e. The van der Waals surface area contributed by atoms with E-state index >= 15 is 0 Å². The summed E-state index contributed by atoms with van der Waals surface area (Å²) < 4.78 is 14.9. The van der Waals surface area contributed by atoms with Gasteiger partial charge in [-0.2, -0.15) is 0 Å². The first kappa shape index (κ1) is 26.6. The van der Waals surface area contributed by atoms with Gasteiger partial charge in [-0.05, 0) is 81.1 Å². The van der Waals surface area contributed by atoms with Crippen molar-refractivity contribution in [1.29, 1.82) is 0 Å². The molecule has 0 bridgehead atoms. The standard InChI is InChI=1S/C30H38FN5O/c1-20(16-27-21(2)33-13-10-25(27)24-7-9-29(32-3)34-18-24)19-36-14-11-22(12-15-36)26-8-6-23(17-28(26)31)30(37)35(4)5/h6-10,16-18,22,33H,11-15,19H2,1-5H3,(H,32,34)/b20-16+. The molecule has 0 atom stereocenters. The summed E-state index contributed by atoms with van der Waals surface area (Å²) in [6, 6.07) is 9.05. The van der Waals surface area contributed by atoms with E-state index in [4.69, 9.17) is 0 Å². The molecule has 0 aliphatic carbocycles. The Balaban J connectivity index is 1.39. The van der Waals surface area contributed by atoms with Crippen molar-refractivity contribution in [2.75, 3.05) is 52.6 Å². The molecule has 1 aromatic heterocycles.